The van der Waals surface area contributed by atoms with Crippen LogP contribution in [0.4, 0.5) is 0 Å². The van der Waals surface area contributed by atoms with E-state index in [0.29, 0.717) is 13.0 Å². The first-order valence-electron chi connectivity index (χ1n) is 4.06. The summed E-state index contributed by atoms with van der Waals surface area (Å²) >= 11 is 0. The number of likely N-dealkylation sites (tertiary alicyclic amines) is 1. The van der Waals surface area contributed by atoms with Crippen molar-refractivity contribution in [3.63, 3.8) is 0 Å². The molecule has 1 aliphatic heterocycles. The third-order valence-corrected chi connectivity index (χ3v) is 4.17. The molecule has 1 unspecified atom stereocenters. The number of carbonyl (C=O) groups excluding carboxylic acids is 1. The van der Waals surface area contributed by atoms with Crippen LogP contribution >= 0.6 is 0 Å². The minimum absolute atomic E-state index is 0.114. The Morgan fingerprint density at radius 1 is 1.69 bits per heavy atom. The molecular weight excluding hydrogens is 190 g/mol. The molecule has 1 atom stereocenters. The van der Waals surface area contributed by atoms with Crippen molar-refractivity contribution in [1.29, 1.82) is 0 Å². The molecular formula is C8H13NO3S. The van der Waals surface area contributed by atoms with E-state index in [1.807, 2.05) is 0 Å². The maximum Gasteiger partial charge on any atom is 0.240 e. The van der Waals surface area contributed by atoms with Gasteiger partial charge in [-0.1, -0.05) is 6.08 Å². The molecule has 0 N–H and O–H groups in total. The molecule has 4 nitrogen and oxygen atoms in total. The number of sulfone groups is 1. The average Bonchev–Trinajstić information content (AvgIpc) is 2.33. The molecule has 0 aromatic rings. The molecule has 74 valence electrons. The first kappa shape index (κ1) is 10.2. The second-order valence-corrected chi connectivity index (χ2v) is 5.38. The molecule has 0 saturated carbocycles. The highest BCUT2D eigenvalue weighted by molar-refractivity contribution is 7.92. The minimum Gasteiger partial charge on any atom is -0.345 e. The van der Waals surface area contributed by atoms with Crippen LogP contribution in [0.3, 0.4) is 0 Å². The van der Waals surface area contributed by atoms with Gasteiger partial charge in [-0.15, -0.1) is 6.58 Å². The van der Waals surface area contributed by atoms with Crippen LogP contribution < -0.4 is 0 Å². The molecule has 5 heteroatoms. The number of amides is 1. The zero-order chi connectivity index (χ0) is 10.1. The SMILES string of the molecule is C=CCS(=O)(=O)C1CCN(C)C1=O. The van der Waals surface area contributed by atoms with Gasteiger partial charge < -0.3 is 4.90 Å². The van der Waals surface area contributed by atoms with Crippen molar-refractivity contribution in [2.45, 2.75) is 11.7 Å². The fraction of sp³-hybridized carbons (Fsp3) is 0.625. The van der Waals surface area contributed by atoms with E-state index >= 15 is 0 Å². The van der Waals surface area contributed by atoms with E-state index in [4.69, 9.17) is 0 Å². The van der Waals surface area contributed by atoms with E-state index in [1.54, 1.807) is 7.05 Å². The largest absolute Gasteiger partial charge is 0.345 e. The van der Waals surface area contributed by atoms with E-state index in [2.05, 4.69) is 6.58 Å². The van der Waals surface area contributed by atoms with Gasteiger partial charge in [-0.3, -0.25) is 4.79 Å². The summed E-state index contributed by atoms with van der Waals surface area (Å²) in [5.41, 5.74) is 0. The number of hydrogen-bond acceptors (Lipinski definition) is 3. The zero-order valence-corrected chi connectivity index (χ0v) is 8.38. The highest BCUT2D eigenvalue weighted by atomic mass is 32.2. The third kappa shape index (κ3) is 1.91. The first-order valence-corrected chi connectivity index (χ1v) is 5.78. The Kier molecular flexibility index (Phi) is 2.75. The zero-order valence-electron chi connectivity index (χ0n) is 7.56. The molecule has 0 bridgehead atoms. The lowest BCUT2D eigenvalue weighted by atomic mass is 10.4. The predicted octanol–water partition coefficient (Wildman–Crippen LogP) is -0.182. The van der Waals surface area contributed by atoms with Crippen LogP contribution in [0, 0.1) is 0 Å². The molecule has 1 fully saturated rings. The summed E-state index contributed by atoms with van der Waals surface area (Å²) in [6.45, 7) is 3.88. The lowest BCUT2D eigenvalue weighted by Gasteiger charge is -2.09. The van der Waals surface area contributed by atoms with Gasteiger partial charge in [0.25, 0.3) is 0 Å². The van der Waals surface area contributed by atoms with Crippen LogP contribution in [0.5, 0.6) is 0 Å². The summed E-state index contributed by atoms with van der Waals surface area (Å²) in [4.78, 5) is 12.8. The molecule has 0 aliphatic carbocycles. The topological polar surface area (TPSA) is 54.5 Å². The molecule has 1 saturated heterocycles. The lowest BCUT2D eigenvalue weighted by molar-refractivity contribution is -0.126. The summed E-state index contributed by atoms with van der Waals surface area (Å²) in [5, 5.41) is -0.838. The Morgan fingerprint density at radius 2 is 2.31 bits per heavy atom. The predicted molar refractivity (Wildman–Crippen MR) is 50.0 cm³/mol. The Hall–Kier alpha value is -0.840. The minimum atomic E-state index is -3.30. The van der Waals surface area contributed by atoms with E-state index in [0.717, 1.165) is 0 Å². The quantitative estimate of drug-likeness (QED) is 0.598. The van der Waals surface area contributed by atoms with Crippen LogP contribution in [-0.2, 0) is 14.6 Å². The second kappa shape index (κ2) is 3.49. The number of rotatable bonds is 3. The third-order valence-electron chi connectivity index (χ3n) is 2.16. The number of carbonyl (C=O) groups is 1. The standard InChI is InChI=1S/C8H13NO3S/c1-3-6-13(11,12)7-4-5-9(2)8(7)10/h3,7H,1,4-6H2,2H3. The smallest absolute Gasteiger partial charge is 0.240 e. The lowest BCUT2D eigenvalue weighted by Crippen LogP contribution is -2.32. The van der Waals surface area contributed by atoms with Crippen LogP contribution in [-0.4, -0.2) is 43.8 Å². The van der Waals surface area contributed by atoms with Gasteiger partial charge in [0.1, 0.15) is 5.25 Å². The van der Waals surface area contributed by atoms with Crippen LogP contribution in [0.1, 0.15) is 6.42 Å². The summed E-state index contributed by atoms with van der Waals surface area (Å²) in [6.07, 6.45) is 1.73. The summed E-state index contributed by atoms with van der Waals surface area (Å²) < 4.78 is 22.9. The van der Waals surface area contributed by atoms with Gasteiger partial charge in [0.2, 0.25) is 5.91 Å². The van der Waals surface area contributed by atoms with E-state index < -0.39 is 15.1 Å². The monoisotopic (exact) mass is 203 g/mol. The fourth-order valence-corrected chi connectivity index (χ4v) is 2.92. The van der Waals surface area contributed by atoms with Crippen molar-refractivity contribution < 1.29 is 13.2 Å². The van der Waals surface area contributed by atoms with Gasteiger partial charge in [-0.25, -0.2) is 8.42 Å². The van der Waals surface area contributed by atoms with Crippen molar-refractivity contribution in [3.05, 3.63) is 12.7 Å². The summed E-state index contributed by atoms with van der Waals surface area (Å²) in [7, 11) is -1.68. The van der Waals surface area contributed by atoms with Gasteiger partial charge in [-0.05, 0) is 6.42 Å². The highest BCUT2D eigenvalue weighted by Crippen LogP contribution is 2.17. The van der Waals surface area contributed by atoms with Gasteiger partial charge in [0.15, 0.2) is 9.84 Å². The van der Waals surface area contributed by atoms with Crippen molar-refractivity contribution in [1.82, 2.24) is 4.90 Å². The van der Waals surface area contributed by atoms with Crippen molar-refractivity contribution >= 4 is 15.7 Å². The molecule has 0 spiro atoms. The van der Waals surface area contributed by atoms with E-state index in [9.17, 15) is 13.2 Å². The Bertz CT molecular complexity index is 320. The first-order chi connectivity index (χ1) is 5.99. The Balaban J connectivity index is 2.85. The van der Waals surface area contributed by atoms with E-state index in [-0.39, 0.29) is 11.7 Å². The average molecular weight is 203 g/mol. The van der Waals surface area contributed by atoms with Crippen molar-refractivity contribution in [3.8, 4) is 0 Å². The molecule has 0 radical (unpaired) electrons. The fourth-order valence-electron chi connectivity index (χ4n) is 1.40. The number of nitrogens with zero attached hydrogens (tertiary/aromatic N) is 1. The van der Waals surface area contributed by atoms with Crippen molar-refractivity contribution in [2.75, 3.05) is 19.3 Å². The van der Waals surface area contributed by atoms with Gasteiger partial charge in [0, 0.05) is 13.6 Å². The molecule has 1 amide bonds. The molecule has 1 aliphatic rings. The van der Waals surface area contributed by atoms with Crippen LogP contribution in [0.25, 0.3) is 0 Å². The molecule has 1 heterocycles. The summed E-state index contributed by atoms with van der Waals surface area (Å²) in [5.74, 6) is -0.404. The second-order valence-electron chi connectivity index (χ2n) is 3.16. The van der Waals surface area contributed by atoms with E-state index in [1.165, 1.54) is 11.0 Å². The van der Waals surface area contributed by atoms with Crippen LogP contribution in [0.15, 0.2) is 12.7 Å². The normalized spacial score (nSPS) is 23.6. The highest BCUT2D eigenvalue weighted by Gasteiger charge is 2.38. The van der Waals surface area contributed by atoms with Gasteiger partial charge in [0.05, 0.1) is 5.75 Å². The molecule has 0 aromatic carbocycles. The summed E-state index contributed by atoms with van der Waals surface area (Å²) in [6, 6.07) is 0. The maximum atomic E-state index is 11.5. The van der Waals surface area contributed by atoms with Crippen molar-refractivity contribution in [2.24, 2.45) is 0 Å². The van der Waals surface area contributed by atoms with Gasteiger partial charge in [-0.2, -0.15) is 0 Å². The molecule has 13 heavy (non-hydrogen) atoms. The Morgan fingerprint density at radius 3 is 2.69 bits per heavy atom. The van der Waals surface area contributed by atoms with Gasteiger partial charge >= 0.3 is 0 Å². The van der Waals surface area contributed by atoms with Crippen LogP contribution in [0.2, 0.25) is 0 Å². The number of hydrogen-bond donors (Lipinski definition) is 0. The molecule has 1 rings (SSSR count). The maximum absolute atomic E-state index is 11.5. The molecule has 0 aromatic heterocycles. The Labute approximate surface area is 78.1 Å².